The highest BCUT2D eigenvalue weighted by molar-refractivity contribution is 7.91. The molecule has 0 aliphatic heterocycles. The second-order valence-electron chi connectivity index (χ2n) is 7.01. The second-order valence-corrected chi connectivity index (χ2v) is 9.31. The molecule has 2 aromatic carbocycles. The third-order valence-electron chi connectivity index (χ3n) is 4.42. The molecule has 1 heterocycles. The molecule has 0 aliphatic rings. The van der Waals surface area contributed by atoms with Gasteiger partial charge in [-0.25, -0.2) is 8.42 Å². The molecule has 0 bridgehead atoms. The van der Waals surface area contributed by atoms with Crippen LogP contribution in [0, 0.1) is 6.92 Å². The average molecular weight is 434 g/mol. The van der Waals surface area contributed by atoms with Gasteiger partial charge in [-0.15, -0.1) is 0 Å². The van der Waals surface area contributed by atoms with Crippen molar-refractivity contribution >= 4 is 27.3 Å². The van der Waals surface area contributed by atoms with Gasteiger partial charge in [0.1, 0.15) is 0 Å². The zero-order valence-corrected chi connectivity index (χ0v) is 18.2. The number of hydrogen-bond acceptors (Lipinski definition) is 6. The number of sulfone groups is 1. The Balaban J connectivity index is 2.01. The molecule has 6 nitrogen and oxygen atoms in total. The van der Waals surface area contributed by atoms with E-state index in [1.54, 1.807) is 12.1 Å². The van der Waals surface area contributed by atoms with Gasteiger partial charge in [-0.2, -0.15) is 4.98 Å². The maximum absolute atomic E-state index is 13.2. The number of aryl methyl sites for hydroxylation is 1. The van der Waals surface area contributed by atoms with Crippen LogP contribution in [0.25, 0.3) is 11.5 Å². The lowest BCUT2D eigenvalue weighted by Crippen LogP contribution is -2.17. The standard InChI is InChI=1S/C21H24ClN3O3S/c1-15-7-4-5-8-18(15)19-24-21(20(28-19)23-13-6-14-25(2)3)29(26,27)17-11-9-16(22)10-12-17/h4-5,7-12,23H,6,13-14H2,1-3H3. The summed E-state index contributed by atoms with van der Waals surface area (Å²) in [6.07, 6.45) is 0.827. The number of rotatable bonds is 8. The molecule has 8 heteroatoms. The molecule has 1 aromatic heterocycles. The Hall–Kier alpha value is -2.35. The van der Waals surface area contributed by atoms with Crippen molar-refractivity contribution in [1.29, 1.82) is 0 Å². The Morgan fingerprint density at radius 3 is 2.45 bits per heavy atom. The summed E-state index contributed by atoms with van der Waals surface area (Å²) in [5.74, 6) is 0.419. The number of benzene rings is 2. The van der Waals surface area contributed by atoms with Gasteiger partial charge in [-0.1, -0.05) is 29.8 Å². The lowest BCUT2D eigenvalue weighted by atomic mass is 10.1. The molecule has 0 saturated heterocycles. The van der Waals surface area contributed by atoms with E-state index in [0.29, 0.717) is 11.6 Å². The molecule has 0 saturated carbocycles. The summed E-state index contributed by atoms with van der Waals surface area (Å²) in [6, 6.07) is 13.6. The lowest BCUT2D eigenvalue weighted by Gasteiger charge is -2.10. The summed E-state index contributed by atoms with van der Waals surface area (Å²) in [5, 5.41) is 3.45. The number of anilines is 1. The lowest BCUT2D eigenvalue weighted by molar-refractivity contribution is 0.404. The molecular weight excluding hydrogens is 410 g/mol. The topological polar surface area (TPSA) is 75.4 Å². The van der Waals surface area contributed by atoms with E-state index in [1.165, 1.54) is 12.1 Å². The van der Waals surface area contributed by atoms with Gasteiger partial charge in [0.25, 0.3) is 0 Å². The van der Waals surface area contributed by atoms with Crippen LogP contribution in [0.15, 0.2) is 62.9 Å². The molecule has 29 heavy (non-hydrogen) atoms. The van der Waals surface area contributed by atoms with Gasteiger partial charge in [0.15, 0.2) is 0 Å². The van der Waals surface area contributed by atoms with Crippen LogP contribution < -0.4 is 5.32 Å². The Labute approximate surface area is 176 Å². The minimum atomic E-state index is -3.88. The maximum atomic E-state index is 13.2. The Morgan fingerprint density at radius 1 is 1.10 bits per heavy atom. The van der Waals surface area contributed by atoms with E-state index in [0.717, 1.165) is 24.1 Å². The van der Waals surface area contributed by atoms with E-state index in [1.807, 2.05) is 45.3 Å². The van der Waals surface area contributed by atoms with Gasteiger partial charge >= 0.3 is 0 Å². The van der Waals surface area contributed by atoms with Crippen LogP contribution in [0.5, 0.6) is 0 Å². The van der Waals surface area contributed by atoms with Crippen LogP contribution >= 0.6 is 11.6 Å². The van der Waals surface area contributed by atoms with Crippen molar-refractivity contribution in [2.75, 3.05) is 32.5 Å². The van der Waals surface area contributed by atoms with E-state index in [-0.39, 0.29) is 21.7 Å². The van der Waals surface area contributed by atoms with Crippen LogP contribution in [0.1, 0.15) is 12.0 Å². The highest BCUT2D eigenvalue weighted by Gasteiger charge is 2.28. The number of nitrogens with one attached hydrogen (secondary N) is 1. The molecule has 0 atom stereocenters. The zero-order valence-electron chi connectivity index (χ0n) is 16.6. The van der Waals surface area contributed by atoms with Crippen LogP contribution in [0.4, 0.5) is 5.88 Å². The fourth-order valence-corrected chi connectivity index (χ4v) is 4.26. The molecule has 0 fully saturated rings. The molecule has 0 amide bonds. The van der Waals surface area contributed by atoms with E-state index in [9.17, 15) is 8.42 Å². The molecule has 1 N–H and O–H groups in total. The summed E-state index contributed by atoms with van der Waals surface area (Å²) < 4.78 is 32.3. The molecule has 0 radical (unpaired) electrons. The molecular formula is C21H24ClN3O3S. The first-order chi connectivity index (χ1) is 13.8. The Morgan fingerprint density at radius 2 is 1.79 bits per heavy atom. The van der Waals surface area contributed by atoms with Gasteiger partial charge in [0.2, 0.25) is 26.6 Å². The summed E-state index contributed by atoms with van der Waals surface area (Å²) in [6.45, 7) is 3.35. The van der Waals surface area contributed by atoms with Crippen LogP contribution in [0.3, 0.4) is 0 Å². The van der Waals surface area contributed by atoms with Crippen LogP contribution in [-0.4, -0.2) is 45.5 Å². The predicted molar refractivity (Wildman–Crippen MR) is 115 cm³/mol. The van der Waals surface area contributed by atoms with Gasteiger partial charge in [-0.3, -0.25) is 0 Å². The highest BCUT2D eigenvalue weighted by Crippen LogP contribution is 2.33. The largest absolute Gasteiger partial charge is 0.419 e. The highest BCUT2D eigenvalue weighted by atomic mass is 35.5. The van der Waals surface area contributed by atoms with Crippen molar-refractivity contribution in [3.63, 3.8) is 0 Å². The van der Waals surface area contributed by atoms with Crippen molar-refractivity contribution in [1.82, 2.24) is 9.88 Å². The second kappa shape index (κ2) is 8.98. The molecule has 3 rings (SSSR count). The van der Waals surface area contributed by atoms with Gasteiger partial charge in [0, 0.05) is 17.1 Å². The molecule has 0 aliphatic carbocycles. The Kier molecular flexibility index (Phi) is 6.62. The van der Waals surface area contributed by atoms with Crippen molar-refractivity contribution in [3.05, 3.63) is 59.1 Å². The van der Waals surface area contributed by atoms with Crippen LogP contribution in [0.2, 0.25) is 5.02 Å². The van der Waals surface area contributed by atoms with Gasteiger partial charge < -0.3 is 14.6 Å². The van der Waals surface area contributed by atoms with E-state index < -0.39 is 9.84 Å². The number of oxazole rings is 1. The summed E-state index contributed by atoms with van der Waals surface area (Å²) >= 11 is 5.91. The first-order valence-electron chi connectivity index (χ1n) is 9.25. The number of hydrogen-bond donors (Lipinski definition) is 1. The first-order valence-corrected chi connectivity index (χ1v) is 11.1. The SMILES string of the molecule is Cc1ccccc1-c1nc(S(=O)(=O)c2ccc(Cl)cc2)c(NCCCN(C)C)o1. The first kappa shape index (κ1) is 21.4. The van der Waals surface area contributed by atoms with Crippen LogP contribution in [-0.2, 0) is 9.84 Å². The van der Waals surface area contributed by atoms with E-state index in [2.05, 4.69) is 15.2 Å². The minimum Gasteiger partial charge on any atom is -0.419 e. The van der Waals surface area contributed by atoms with E-state index in [4.69, 9.17) is 16.0 Å². The Bertz CT molecular complexity index is 1080. The fraction of sp³-hybridized carbons (Fsp3) is 0.286. The van der Waals surface area contributed by atoms with Crippen molar-refractivity contribution in [2.24, 2.45) is 0 Å². The van der Waals surface area contributed by atoms with Crippen molar-refractivity contribution < 1.29 is 12.8 Å². The fourth-order valence-electron chi connectivity index (χ4n) is 2.85. The predicted octanol–water partition coefficient (Wildman–Crippen LogP) is 4.50. The monoisotopic (exact) mass is 433 g/mol. The third-order valence-corrected chi connectivity index (χ3v) is 6.35. The summed E-state index contributed by atoms with van der Waals surface area (Å²) in [7, 11) is 0.0982. The van der Waals surface area contributed by atoms with Crippen molar-refractivity contribution in [3.8, 4) is 11.5 Å². The third kappa shape index (κ3) is 4.98. The molecule has 0 spiro atoms. The average Bonchev–Trinajstić information content (AvgIpc) is 3.10. The van der Waals surface area contributed by atoms with Gasteiger partial charge in [0.05, 0.1) is 4.90 Å². The zero-order chi connectivity index (χ0) is 21.0. The number of nitrogens with zero attached hydrogens (tertiary/aromatic N) is 2. The van der Waals surface area contributed by atoms with Gasteiger partial charge in [-0.05, 0) is 69.9 Å². The van der Waals surface area contributed by atoms with Crippen molar-refractivity contribution in [2.45, 2.75) is 23.3 Å². The number of halogens is 1. The number of aromatic nitrogens is 1. The quantitative estimate of drug-likeness (QED) is 0.527. The summed E-state index contributed by atoms with van der Waals surface area (Å²) in [4.78, 5) is 6.54. The smallest absolute Gasteiger partial charge is 0.233 e. The normalized spacial score (nSPS) is 11.8. The molecule has 3 aromatic rings. The minimum absolute atomic E-state index is 0.114. The maximum Gasteiger partial charge on any atom is 0.233 e. The molecule has 0 unspecified atom stereocenters. The molecule has 154 valence electrons. The van der Waals surface area contributed by atoms with E-state index >= 15 is 0 Å². The summed E-state index contributed by atoms with van der Waals surface area (Å²) in [5.41, 5.74) is 1.70.